The predicted octanol–water partition coefficient (Wildman–Crippen LogP) is 2.88. The standard InChI is InChI=1S/C28H34N4O7.C2H4O2/c29-27(39-28(30)36)32-23-3-1-2-20(14-23)18-37-12-13-38-24-7-4-19(5-8-24)10-11-31-16-26(35)21-6-9-25(34)22(15-21)17-33;1-2(3)4/h1-9,14-15,26,31,33-35H,10-13,16-18H2,(H2,29,32)(H2,30,36);1H3,(H,3,4)/t26-;/m0./s1. The summed E-state index contributed by atoms with van der Waals surface area (Å²) >= 11 is 0. The van der Waals surface area contributed by atoms with E-state index >= 15 is 0 Å². The second kappa shape index (κ2) is 18.7. The van der Waals surface area contributed by atoms with Crippen LogP contribution in [0.2, 0.25) is 0 Å². The Labute approximate surface area is 249 Å². The molecule has 3 rings (SSSR count). The van der Waals surface area contributed by atoms with Crippen LogP contribution in [0.3, 0.4) is 0 Å². The lowest BCUT2D eigenvalue weighted by molar-refractivity contribution is -0.134. The highest BCUT2D eigenvalue weighted by Crippen LogP contribution is 2.22. The number of hydrogen-bond donors (Lipinski definition) is 8. The van der Waals surface area contributed by atoms with Crippen molar-refractivity contribution < 1.29 is 44.2 Å². The van der Waals surface area contributed by atoms with Crippen LogP contribution in [0, 0.1) is 5.41 Å². The van der Waals surface area contributed by atoms with Gasteiger partial charge in [0.25, 0.3) is 12.0 Å². The molecule has 13 nitrogen and oxygen atoms in total. The SMILES string of the molecule is CC(=O)O.N=C(Nc1cccc(COCCOc2ccc(CCNC[C@H](O)c3ccc(O)c(CO)c3)cc2)c1)OC(N)=O. The van der Waals surface area contributed by atoms with Crippen LogP contribution < -0.4 is 21.1 Å². The van der Waals surface area contributed by atoms with Crippen molar-refractivity contribution in [1.29, 1.82) is 5.41 Å². The van der Waals surface area contributed by atoms with E-state index in [-0.39, 0.29) is 12.4 Å². The van der Waals surface area contributed by atoms with E-state index in [4.69, 9.17) is 30.5 Å². The first-order chi connectivity index (χ1) is 20.6. The topological polar surface area (TPSA) is 217 Å². The first kappa shape index (κ1) is 34.5. The van der Waals surface area contributed by atoms with E-state index in [1.807, 2.05) is 30.3 Å². The van der Waals surface area contributed by atoms with E-state index in [0.29, 0.717) is 49.7 Å². The van der Waals surface area contributed by atoms with E-state index in [1.54, 1.807) is 30.3 Å². The third kappa shape index (κ3) is 14.2. The number of carbonyl (C=O) groups is 2. The Morgan fingerprint density at radius 1 is 1.02 bits per heavy atom. The monoisotopic (exact) mass is 598 g/mol. The fourth-order valence-electron chi connectivity index (χ4n) is 3.69. The minimum absolute atomic E-state index is 0.00978. The van der Waals surface area contributed by atoms with Crippen LogP contribution in [-0.2, 0) is 33.9 Å². The van der Waals surface area contributed by atoms with E-state index in [0.717, 1.165) is 30.2 Å². The molecule has 1 amide bonds. The Balaban J connectivity index is 0.00000151. The number of amides is 1. The molecule has 0 heterocycles. The number of benzene rings is 3. The number of nitrogens with one attached hydrogen (secondary N) is 3. The summed E-state index contributed by atoms with van der Waals surface area (Å²) in [5, 5.41) is 50.0. The molecule has 0 aliphatic heterocycles. The van der Waals surface area contributed by atoms with Crippen LogP contribution in [0.4, 0.5) is 10.5 Å². The number of aliphatic hydroxyl groups is 2. The summed E-state index contributed by atoms with van der Waals surface area (Å²) in [5.41, 5.74) is 8.47. The number of carboxylic acids is 1. The number of phenols is 1. The van der Waals surface area contributed by atoms with Gasteiger partial charge in [-0.1, -0.05) is 30.3 Å². The summed E-state index contributed by atoms with van der Waals surface area (Å²) in [6.07, 6.45) is -1.03. The molecule has 3 aromatic carbocycles. The molecule has 1 atom stereocenters. The largest absolute Gasteiger partial charge is 0.508 e. The van der Waals surface area contributed by atoms with Crippen LogP contribution >= 0.6 is 0 Å². The van der Waals surface area contributed by atoms with Crippen molar-refractivity contribution >= 4 is 23.8 Å². The van der Waals surface area contributed by atoms with Gasteiger partial charge >= 0.3 is 6.09 Å². The molecule has 0 aromatic heterocycles. The molecule has 9 N–H and O–H groups in total. The fourth-order valence-corrected chi connectivity index (χ4v) is 3.69. The summed E-state index contributed by atoms with van der Waals surface area (Å²) < 4.78 is 15.8. The second-order valence-electron chi connectivity index (χ2n) is 9.16. The van der Waals surface area contributed by atoms with Gasteiger partial charge in [-0.15, -0.1) is 0 Å². The number of carbonyl (C=O) groups excluding carboxylic acids is 1. The van der Waals surface area contributed by atoms with Gasteiger partial charge in [0.1, 0.15) is 18.1 Å². The van der Waals surface area contributed by atoms with Gasteiger partial charge in [-0.3, -0.25) is 10.2 Å². The molecular weight excluding hydrogens is 560 g/mol. The molecule has 0 fully saturated rings. The Hall–Kier alpha value is -4.69. The predicted molar refractivity (Wildman–Crippen MR) is 159 cm³/mol. The molecule has 43 heavy (non-hydrogen) atoms. The molecule has 232 valence electrons. The second-order valence-corrected chi connectivity index (χ2v) is 9.16. The quantitative estimate of drug-likeness (QED) is 0.0766. The third-order valence-electron chi connectivity index (χ3n) is 5.66. The third-order valence-corrected chi connectivity index (χ3v) is 5.66. The fraction of sp³-hybridized carbons (Fsp3) is 0.300. The van der Waals surface area contributed by atoms with Crippen LogP contribution in [0.5, 0.6) is 11.5 Å². The van der Waals surface area contributed by atoms with Crippen LogP contribution in [0.15, 0.2) is 66.7 Å². The molecule has 0 unspecified atom stereocenters. The Kier molecular flexibility index (Phi) is 15.0. The van der Waals surface area contributed by atoms with E-state index < -0.39 is 24.2 Å². The van der Waals surface area contributed by atoms with E-state index in [1.165, 1.54) is 6.07 Å². The summed E-state index contributed by atoms with van der Waals surface area (Å²) in [6, 6.07) is 19.2. The molecule has 0 radical (unpaired) electrons. The zero-order chi connectivity index (χ0) is 31.6. The number of aromatic hydroxyl groups is 1. The van der Waals surface area contributed by atoms with Gasteiger partial charge in [-0.05, 0) is 66.1 Å². The minimum Gasteiger partial charge on any atom is -0.508 e. The molecule has 0 aliphatic carbocycles. The maximum atomic E-state index is 10.7. The van der Waals surface area contributed by atoms with E-state index in [9.17, 15) is 20.1 Å². The van der Waals surface area contributed by atoms with E-state index in [2.05, 4.69) is 15.4 Å². The van der Waals surface area contributed by atoms with Crippen molar-refractivity contribution in [3.63, 3.8) is 0 Å². The zero-order valence-electron chi connectivity index (χ0n) is 23.8. The van der Waals surface area contributed by atoms with Crippen molar-refractivity contribution in [2.24, 2.45) is 5.73 Å². The highest BCUT2D eigenvalue weighted by Gasteiger charge is 2.10. The first-order valence-electron chi connectivity index (χ1n) is 13.3. The lowest BCUT2D eigenvalue weighted by Crippen LogP contribution is -2.23. The summed E-state index contributed by atoms with van der Waals surface area (Å²) in [4.78, 5) is 19.7. The van der Waals surface area contributed by atoms with Crippen LogP contribution in [0.25, 0.3) is 0 Å². The van der Waals surface area contributed by atoms with Crippen molar-refractivity contribution in [2.45, 2.75) is 32.7 Å². The molecule has 0 aliphatic rings. The number of amidine groups is 1. The van der Waals surface area contributed by atoms with Gasteiger partial charge in [-0.25, -0.2) is 4.79 Å². The summed E-state index contributed by atoms with van der Waals surface area (Å²) in [6.45, 7) is 2.93. The number of rotatable bonds is 14. The maximum absolute atomic E-state index is 10.7. The summed E-state index contributed by atoms with van der Waals surface area (Å²) in [7, 11) is 0. The van der Waals surface area contributed by atoms with Gasteiger partial charge in [0, 0.05) is 24.7 Å². The van der Waals surface area contributed by atoms with Gasteiger partial charge < -0.3 is 51.0 Å². The molecular formula is C30H38N4O9. The van der Waals surface area contributed by atoms with Crippen molar-refractivity contribution in [3.8, 4) is 11.5 Å². The van der Waals surface area contributed by atoms with Gasteiger partial charge in [0.05, 0.1) is 25.9 Å². The van der Waals surface area contributed by atoms with Gasteiger partial charge in [0.2, 0.25) is 0 Å². The number of aliphatic hydroxyl groups excluding tert-OH is 2. The smallest absolute Gasteiger partial charge is 0.412 e. The Morgan fingerprint density at radius 2 is 1.74 bits per heavy atom. The van der Waals surface area contributed by atoms with Crippen molar-refractivity contribution in [2.75, 3.05) is 31.6 Å². The number of ether oxygens (including phenoxy) is 3. The van der Waals surface area contributed by atoms with Crippen LogP contribution in [-0.4, -0.2) is 64.8 Å². The summed E-state index contributed by atoms with van der Waals surface area (Å²) in [5.74, 6) is -0.0903. The number of aliphatic carboxylic acids is 1. The average Bonchev–Trinajstić information content (AvgIpc) is 2.95. The molecule has 0 saturated carbocycles. The number of nitrogens with two attached hydrogens (primary N) is 1. The lowest BCUT2D eigenvalue weighted by Gasteiger charge is -2.14. The number of hydrogen-bond acceptors (Lipinski definition) is 10. The maximum Gasteiger partial charge on any atom is 0.412 e. The Morgan fingerprint density at radius 3 is 2.42 bits per heavy atom. The first-order valence-corrected chi connectivity index (χ1v) is 13.3. The lowest BCUT2D eigenvalue weighted by atomic mass is 10.1. The zero-order valence-corrected chi connectivity index (χ0v) is 23.8. The number of primary amides is 1. The Bertz CT molecular complexity index is 1320. The number of carboxylic acid groups (broad SMARTS) is 1. The molecule has 3 aromatic rings. The highest BCUT2D eigenvalue weighted by molar-refractivity contribution is 5.93. The highest BCUT2D eigenvalue weighted by atomic mass is 16.6. The molecule has 0 saturated heterocycles. The van der Waals surface area contributed by atoms with Gasteiger partial charge in [-0.2, -0.15) is 0 Å². The van der Waals surface area contributed by atoms with Gasteiger partial charge in [0.15, 0.2) is 0 Å². The van der Waals surface area contributed by atoms with Crippen molar-refractivity contribution in [1.82, 2.24) is 5.32 Å². The average molecular weight is 599 g/mol. The van der Waals surface area contributed by atoms with Crippen LogP contribution in [0.1, 0.15) is 35.3 Å². The number of anilines is 1. The molecule has 13 heteroatoms. The molecule has 0 bridgehead atoms. The minimum atomic E-state index is -1.06. The van der Waals surface area contributed by atoms with Crippen molar-refractivity contribution in [3.05, 3.63) is 89.0 Å². The molecule has 0 spiro atoms. The normalized spacial score (nSPS) is 11.0.